The van der Waals surface area contributed by atoms with Gasteiger partial charge in [0.1, 0.15) is 77.2 Å². The fourth-order valence-electron chi connectivity index (χ4n) is 17.7. The first-order valence-corrected chi connectivity index (χ1v) is 44.7. The average molecular weight is 1880 g/mol. The lowest BCUT2D eigenvalue weighted by Gasteiger charge is -2.42. The number of phenols is 2. The number of para-hydroxylation sites is 2. The molecule has 25 N–H and O–H groups in total. The van der Waals surface area contributed by atoms with E-state index in [0.717, 1.165) is 0 Å². The summed E-state index contributed by atoms with van der Waals surface area (Å²) in [6.07, 6.45) is 1.63. The molecule has 3 aliphatic heterocycles. The highest BCUT2D eigenvalue weighted by molar-refractivity contribution is 6.31. The number of carboxylic acids is 1. The molecule has 0 bridgehead atoms. The number of hydrogen-bond donors (Lipinski definition) is 22. The van der Waals surface area contributed by atoms with Crippen LogP contribution < -0.4 is 75.1 Å². The van der Waals surface area contributed by atoms with Gasteiger partial charge in [0, 0.05) is 145 Å². The van der Waals surface area contributed by atoms with E-state index in [0.29, 0.717) is 51.5 Å². The second-order valence-corrected chi connectivity index (χ2v) is 34.4. The Hall–Kier alpha value is -14.5. The van der Waals surface area contributed by atoms with E-state index in [2.05, 4.69) is 88.2 Å². The highest BCUT2D eigenvalue weighted by Crippen LogP contribution is 2.53. The number of hydrogen-bond acceptors (Lipinski definition) is 28. The van der Waals surface area contributed by atoms with Gasteiger partial charge in [0.15, 0.2) is 18.7 Å². The van der Waals surface area contributed by atoms with Gasteiger partial charge in [0.05, 0.1) is 73.4 Å². The van der Waals surface area contributed by atoms with Crippen molar-refractivity contribution < 1.29 is 116 Å². The minimum absolute atomic E-state index is 0.0113. The van der Waals surface area contributed by atoms with Gasteiger partial charge in [-0.05, 0) is 108 Å². The fourth-order valence-corrected chi connectivity index (χ4v) is 17.7. The van der Waals surface area contributed by atoms with E-state index in [-0.39, 0.29) is 142 Å². The number of methoxy groups -OCH3 is 1. The zero-order valence-corrected chi connectivity index (χ0v) is 74.7. The molecule has 5 aliphatic rings. The number of nitrogens with two attached hydrogens (primary N) is 3. The number of benzene rings is 4. The summed E-state index contributed by atoms with van der Waals surface area (Å²) in [5.74, 6) is -15.1. The maximum Gasteiger partial charge on any atom is 0.305 e. The minimum atomic E-state index is -2.15. The van der Waals surface area contributed by atoms with E-state index >= 15 is 28.8 Å². The van der Waals surface area contributed by atoms with Gasteiger partial charge in [-0.25, -0.2) is 9.97 Å². The molecule has 4 aromatic heterocycles. The zero-order chi connectivity index (χ0) is 97.3. The summed E-state index contributed by atoms with van der Waals surface area (Å²) in [6.45, 7) is 1.58. The number of oxime groups is 1. The number of likely N-dealkylation sites (tertiary alicyclic amines) is 1. The largest absolute Gasteiger partial charge is 0.507 e. The molecule has 136 heavy (non-hydrogen) atoms. The fraction of sp³-hybridized carbons (Fsp3) is 0.451. The second-order valence-electron chi connectivity index (χ2n) is 34.4. The lowest BCUT2D eigenvalue weighted by Crippen LogP contribution is -2.61. The predicted molar refractivity (Wildman–Crippen MR) is 481 cm³/mol. The summed E-state index contributed by atoms with van der Waals surface area (Å²) in [6, 6.07) is 3.92. The summed E-state index contributed by atoms with van der Waals surface area (Å²) in [4.78, 5) is 239. The number of imidazole rings is 2. The van der Waals surface area contributed by atoms with Crippen LogP contribution in [0.2, 0.25) is 0 Å². The van der Waals surface area contributed by atoms with Gasteiger partial charge in [0.25, 0.3) is 5.91 Å². The van der Waals surface area contributed by atoms with Crippen molar-refractivity contribution >= 4 is 116 Å². The van der Waals surface area contributed by atoms with E-state index in [9.17, 15) is 68.7 Å². The Morgan fingerprint density at radius 2 is 1.23 bits per heavy atom. The number of aromatic hydroxyl groups is 2. The SMILES string of the molecule is COc1cccc2c1C(=O)c1c(O)c3c(c(O)c1C2=O)C[C@@](O)(/C(C)=N/OCC(=O)NCCCC[C@H](NC(=O)[C@H](Cc1c[nH]c2ccccc12)NC(=O)[C@H](CC(=O)O)NC(=O)[C@H](Cc1cnc[nH]1)NC(=O)[C@H](CCCCN)NC(=O)[C@H](Cc1c[nH]c2ccccc12)NC(=O)[C@H](Cc1cnc[nH]1)NC(=O)[C@@H]1CCC(=O)N1)C(=O)N1CCC[C@H]1C(=O)NCC(N)=O)C[C@@H]3O[C@H]1C[C@H](N)[C@H](O)[C@H](C)O1. The number of aliphatic hydroxyl groups excluding tert-OH is 1. The standard InChI is InChI=1S/C91H111N21O24/c1-44-77(118)54(93)32-72(135-44)136-67-35-91(132,34-53-74(67)81(122)76-75(79(53)120)78(119)52-16-12-22-66(133-3)73(52)80(76)121)45(2)111-134-41-70(115)97-26-11-9-20-59(90(131)112-27-13-21-65(112)89(130)100-40-68(94)113)105-85(126)61(29-47-37-99-56-18-7-5-15-51(47)56)107-88(129)64(33-71(116)117)110-87(128)63(31-49-39-96-43-102-49)108-82(123)57(19-8-10-25-92)104-84(125)60(28-46-36-98-55-17-6-4-14-50(46)55)106-86(127)62(30-48-38-95-42-101-48)109-83(124)58-23-24-69(114)103-58/h4-7,12,14-18,22,36-39,42-44,54,57-65,67,72,77,98-99,118,120,122,132H,8-11,13,19-21,23-35,40-41,92-93H2,1-3H3,(H2,94,113)(H,95,101)(H,96,102)(H,97,115)(H,100,130)(H,103,114)(H,104,125)(H,105,126)(H,106,127)(H,107,129)(H,108,123)(H,109,124)(H,110,128)(H,116,117)/b111-45+/t44-,54-,57-,58-,59-,60-,61-,62-,63-,64-,65-,67-,72-,77+,91-/m0/s1. The van der Waals surface area contributed by atoms with Crippen LogP contribution in [0.15, 0.2) is 109 Å². The molecule has 0 unspecified atom stereocenters. The van der Waals surface area contributed by atoms with Crippen molar-refractivity contribution in [1.82, 2.24) is 88.0 Å². The summed E-state index contributed by atoms with van der Waals surface area (Å²) < 4.78 is 17.8. The van der Waals surface area contributed by atoms with Crippen molar-refractivity contribution in [2.45, 2.75) is 220 Å². The Kier molecular flexibility index (Phi) is 32.4. The lowest BCUT2D eigenvalue weighted by atomic mass is 9.72. The molecule has 0 saturated carbocycles. The van der Waals surface area contributed by atoms with Crippen LogP contribution in [0.5, 0.6) is 17.2 Å². The van der Waals surface area contributed by atoms with Crippen molar-refractivity contribution in [3.63, 3.8) is 0 Å². The molecule has 15 atom stereocenters. The van der Waals surface area contributed by atoms with Gasteiger partial charge < -0.3 is 140 Å². The van der Waals surface area contributed by atoms with Gasteiger partial charge in [-0.3, -0.25) is 71.9 Å². The Morgan fingerprint density at radius 3 is 1.81 bits per heavy atom. The van der Waals surface area contributed by atoms with Gasteiger partial charge in [-0.1, -0.05) is 53.7 Å². The number of aliphatic hydroxyl groups is 2. The number of H-pyrrole nitrogens is 4. The van der Waals surface area contributed by atoms with E-state index in [1.54, 1.807) is 67.8 Å². The number of ether oxygens (including phenoxy) is 3. The van der Waals surface area contributed by atoms with Crippen molar-refractivity contribution in [2.24, 2.45) is 22.4 Å². The van der Waals surface area contributed by atoms with Crippen molar-refractivity contribution in [2.75, 3.05) is 39.9 Å². The molecule has 0 spiro atoms. The number of carbonyl (C=O) groups is 15. The predicted octanol–water partition coefficient (Wildman–Crippen LogP) is -1.63. The molecule has 0 radical (unpaired) electrons. The number of fused-ring (bicyclic) bond motifs is 5. The summed E-state index contributed by atoms with van der Waals surface area (Å²) in [7, 11) is 1.29. The molecule has 3 saturated heterocycles. The van der Waals surface area contributed by atoms with Crippen LogP contribution in [-0.2, 0) is 109 Å². The monoisotopic (exact) mass is 1880 g/mol. The number of nitrogens with one attached hydrogen (secondary N) is 14. The van der Waals surface area contributed by atoms with Crippen LogP contribution in [-0.4, -0.2) is 279 Å². The maximum absolute atomic E-state index is 15.4. The number of primary amides is 1. The second kappa shape index (κ2) is 44.5. The smallest absolute Gasteiger partial charge is 0.305 e. The molecule has 7 heterocycles. The summed E-state index contributed by atoms with van der Waals surface area (Å²) in [5.41, 5.74) is 16.4. The van der Waals surface area contributed by atoms with Gasteiger partial charge in [0.2, 0.25) is 70.8 Å². The number of amides is 12. The Bertz CT molecular complexity index is 5830. The number of nitrogens with zero attached hydrogens (tertiary/aromatic N) is 4. The molecule has 4 aromatic carbocycles. The molecule has 724 valence electrons. The number of carbonyl (C=O) groups excluding carboxylic acids is 14. The van der Waals surface area contributed by atoms with Gasteiger partial charge >= 0.3 is 5.97 Å². The molecule has 45 nitrogen and oxygen atoms in total. The number of carboxylic acid groups (broad SMARTS) is 1. The van der Waals surface area contributed by atoms with E-state index in [1.165, 1.54) is 62.2 Å². The third-order valence-corrected chi connectivity index (χ3v) is 24.9. The molecular formula is C91H111N21O24. The van der Waals surface area contributed by atoms with E-state index in [4.69, 9.17) is 36.2 Å². The van der Waals surface area contributed by atoms with Crippen LogP contribution in [0.4, 0.5) is 0 Å². The van der Waals surface area contributed by atoms with Crippen molar-refractivity contribution in [3.05, 3.63) is 160 Å². The molecule has 13 rings (SSSR count). The first kappa shape index (κ1) is 99.0. The number of rotatable bonds is 44. The number of aromatic nitrogens is 6. The molecule has 12 amide bonds. The topological polar surface area (TPSA) is 697 Å². The number of phenolic OH excluding ortho intramolecular Hbond substituents is 2. The number of unbranched alkanes of at least 4 members (excludes halogenated alkanes) is 2. The van der Waals surface area contributed by atoms with Crippen LogP contribution in [0.3, 0.4) is 0 Å². The third-order valence-electron chi connectivity index (χ3n) is 24.9. The van der Waals surface area contributed by atoms with Crippen LogP contribution in [0.25, 0.3) is 21.8 Å². The van der Waals surface area contributed by atoms with E-state index < -0.39 is 235 Å². The van der Waals surface area contributed by atoms with Crippen LogP contribution in [0.1, 0.15) is 169 Å². The van der Waals surface area contributed by atoms with E-state index in [1.807, 2.05) is 0 Å². The maximum atomic E-state index is 15.4. The highest BCUT2D eigenvalue weighted by Gasteiger charge is 2.51. The summed E-state index contributed by atoms with van der Waals surface area (Å²) in [5, 5.41) is 89.8. The van der Waals surface area contributed by atoms with Crippen molar-refractivity contribution in [1.29, 1.82) is 0 Å². The average Bonchev–Trinajstić information content (AvgIpc) is 0.819. The Labute approximate surface area is 776 Å². The normalized spacial score (nSPS) is 20.6. The number of ketones is 2. The Balaban J connectivity index is 0.709. The molecule has 45 heteroatoms. The highest BCUT2D eigenvalue weighted by atomic mass is 16.7. The first-order chi connectivity index (χ1) is 65.2. The lowest BCUT2D eigenvalue weighted by molar-refractivity contribution is -0.245. The first-order valence-electron chi connectivity index (χ1n) is 44.7. The summed E-state index contributed by atoms with van der Waals surface area (Å²) >= 11 is 0. The number of aliphatic carboxylic acids is 1. The molecule has 8 aromatic rings. The Morgan fingerprint density at radius 1 is 0.662 bits per heavy atom. The molecule has 3 fully saturated rings. The van der Waals surface area contributed by atoms with Crippen LogP contribution >= 0.6 is 0 Å². The quantitative estimate of drug-likeness (QED) is 0.00882. The zero-order valence-electron chi connectivity index (χ0n) is 74.7. The number of aromatic amines is 4. The van der Waals surface area contributed by atoms with Crippen molar-refractivity contribution in [3.8, 4) is 17.2 Å². The molecule has 2 aliphatic carbocycles. The minimum Gasteiger partial charge on any atom is -0.507 e. The van der Waals surface area contributed by atoms with Gasteiger partial charge in [-0.15, -0.1) is 0 Å². The molecular weight excluding hydrogens is 1770 g/mol. The van der Waals surface area contributed by atoms with Crippen LogP contribution in [0, 0.1) is 0 Å². The van der Waals surface area contributed by atoms with Gasteiger partial charge in [-0.2, -0.15) is 0 Å². The third kappa shape index (κ3) is 23.6.